The van der Waals surface area contributed by atoms with Gasteiger partial charge in [-0.2, -0.15) is 0 Å². The number of nitrogens with one attached hydrogen (secondary N) is 1. The van der Waals surface area contributed by atoms with Crippen molar-refractivity contribution in [3.05, 3.63) is 36.3 Å². The second kappa shape index (κ2) is 8.01. The summed E-state index contributed by atoms with van der Waals surface area (Å²) in [6.07, 6.45) is 1.60. The number of imidazole rings is 1. The molecule has 26 heavy (non-hydrogen) atoms. The van der Waals surface area contributed by atoms with E-state index in [1.165, 1.54) is 0 Å². The van der Waals surface area contributed by atoms with Crippen molar-refractivity contribution in [3.63, 3.8) is 0 Å². The first kappa shape index (κ1) is 17.9. The lowest BCUT2D eigenvalue weighted by Gasteiger charge is -2.24. The van der Waals surface area contributed by atoms with Crippen LogP contribution in [0.5, 0.6) is 5.75 Å². The van der Waals surface area contributed by atoms with Gasteiger partial charge in [-0.3, -0.25) is 9.59 Å². The van der Waals surface area contributed by atoms with Gasteiger partial charge >= 0.3 is 5.97 Å². The first-order valence-electron chi connectivity index (χ1n) is 8.35. The summed E-state index contributed by atoms with van der Waals surface area (Å²) in [5.74, 6) is 0.360. The van der Waals surface area contributed by atoms with Gasteiger partial charge in [-0.25, -0.2) is 4.98 Å². The number of carboxylic acids is 1. The van der Waals surface area contributed by atoms with Crippen LogP contribution in [0.1, 0.15) is 18.7 Å². The summed E-state index contributed by atoms with van der Waals surface area (Å²) in [6, 6.07) is 7.68. The van der Waals surface area contributed by atoms with E-state index in [9.17, 15) is 9.59 Å². The summed E-state index contributed by atoms with van der Waals surface area (Å²) in [6.45, 7) is 1.29. The van der Waals surface area contributed by atoms with Crippen LogP contribution in [-0.2, 0) is 27.5 Å². The molecule has 3 rings (SSSR count). The van der Waals surface area contributed by atoms with Crippen molar-refractivity contribution in [1.82, 2.24) is 14.9 Å². The monoisotopic (exact) mass is 359 g/mol. The van der Waals surface area contributed by atoms with E-state index in [0.29, 0.717) is 19.7 Å². The van der Waals surface area contributed by atoms with Crippen LogP contribution >= 0.6 is 0 Å². The molecule has 2 heterocycles. The van der Waals surface area contributed by atoms with Gasteiger partial charge in [0.05, 0.1) is 31.9 Å². The molecule has 0 radical (unpaired) electrons. The second-order valence-corrected chi connectivity index (χ2v) is 6.05. The predicted molar refractivity (Wildman–Crippen MR) is 92.7 cm³/mol. The van der Waals surface area contributed by atoms with Crippen LogP contribution in [0.15, 0.2) is 30.5 Å². The Morgan fingerprint density at radius 1 is 1.35 bits per heavy atom. The Hall–Kier alpha value is -2.87. The van der Waals surface area contributed by atoms with Crippen LogP contribution in [0.3, 0.4) is 0 Å². The van der Waals surface area contributed by atoms with E-state index in [0.717, 1.165) is 22.8 Å². The third-order valence-electron chi connectivity index (χ3n) is 4.19. The quantitative estimate of drug-likeness (QED) is 0.775. The van der Waals surface area contributed by atoms with Gasteiger partial charge in [0.25, 0.3) is 0 Å². The molecule has 0 saturated heterocycles. The van der Waals surface area contributed by atoms with Crippen molar-refractivity contribution in [1.29, 1.82) is 0 Å². The molecule has 8 heteroatoms. The van der Waals surface area contributed by atoms with E-state index in [1.807, 2.05) is 35.0 Å². The highest BCUT2D eigenvalue weighted by Gasteiger charge is 2.22. The molecule has 1 aliphatic heterocycles. The van der Waals surface area contributed by atoms with Gasteiger partial charge in [0.1, 0.15) is 18.2 Å². The van der Waals surface area contributed by atoms with Crippen molar-refractivity contribution >= 4 is 11.9 Å². The number of aromatic nitrogens is 2. The fourth-order valence-corrected chi connectivity index (χ4v) is 2.75. The zero-order valence-electron chi connectivity index (χ0n) is 14.5. The summed E-state index contributed by atoms with van der Waals surface area (Å²) in [5, 5.41) is 11.3. The minimum atomic E-state index is -0.983. The van der Waals surface area contributed by atoms with Crippen molar-refractivity contribution in [2.75, 3.05) is 13.7 Å². The number of carboxylic acid groups (broad SMARTS) is 1. The minimum Gasteiger partial charge on any atom is -0.497 e. The van der Waals surface area contributed by atoms with E-state index in [4.69, 9.17) is 14.6 Å². The fourth-order valence-electron chi connectivity index (χ4n) is 2.75. The molecule has 1 aromatic carbocycles. The Morgan fingerprint density at radius 2 is 2.12 bits per heavy atom. The second-order valence-electron chi connectivity index (χ2n) is 6.05. The number of hydrogen-bond acceptors (Lipinski definition) is 5. The maximum atomic E-state index is 11.6. The number of nitrogens with zero attached hydrogens (tertiary/aromatic N) is 2. The maximum absolute atomic E-state index is 11.6. The van der Waals surface area contributed by atoms with E-state index >= 15 is 0 Å². The van der Waals surface area contributed by atoms with Gasteiger partial charge in [-0.15, -0.1) is 0 Å². The lowest BCUT2D eigenvalue weighted by Crippen LogP contribution is -2.38. The molecule has 0 aliphatic carbocycles. The Labute approximate surface area is 150 Å². The lowest BCUT2D eigenvalue weighted by atomic mass is 10.1. The molecule has 1 aromatic heterocycles. The Balaban J connectivity index is 1.57. The molecule has 1 amide bonds. The molecule has 8 nitrogen and oxygen atoms in total. The van der Waals surface area contributed by atoms with Gasteiger partial charge < -0.3 is 24.5 Å². The molecule has 0 saturated carbocycles. The molecule has 0 bridgehead atoms. The zero-order valence-corrected chi connectivity index (χ0v) is 14.5. The standard InChI is InChI=1S/C18H21N3O5/c1-25-13-4-2-12(3-5-13)15-10-21-9-14(26-11-16(21)20-15)8-19-17(22)6-7-18(23)24/h2-5,10,14H,6-9,11H2,1H3,(H,19,22)(H,23,24)/t14-/m0/s1. The van der Waals surface area contributed by atoms with Gasteiger partial charge in [-0.1, -0.05) is 0 Å². The largest absolute Gasteiger partial charge is 0.497 e. The van der Waals surface area contributed by atoms with Gasteiger partial charge in [0.15, 0.2) is 0 Å². The van der Waals surface area contributed by atoms with Gasteiger partial charge in [-0.05, 0) is 24.3 Å². The summed E-state index contributed by atoms with van der Waals surface area (Å²) in [5.41, 5.74) is 1.85. The zero-order chi connectivity index (χ0) is 18.5. The predicted octanol–water partition coefficient (Wildman–Crippen LogP) is 1.44. The van der Waals surface area contributed by atoms with Crippen LogP contribution in [0.4, 0.5) is 0 Å². The highest BCUT2D eigenvalue weighted by Crippen LogP contribution is 2.24. The van der Waals surface area contributed by atoms with Crippen molar-refractivity contribution in [2.24, 2.45) is 0 Å². The smallest absolute Gasteiger partial charge is 0.303 e. The lowest BCUT2D eigenvalue weighted by molar-refractivity contribution is -0.138. The van der Waals surface area contributed by atoms with E-state index in [2.05, 4.69) is 10.3 Å². The van der Waals surface area contributed by atoms with Crippen LogP contribution < -0.4 is 10.1 Å². The average molecular weight is 359 g/mol. The molecule has 0 spiro atoms. The first-order valence-corrected chi connectivity index (χ1v) is 8.35. The number of hydrogen-bond donors (Lipinski definition) is 2. The molecular formula is C18H21N3O5. The minimum absolute atomic E-state index is 0.0278. The fraction of sp³-hybridized carbons (Fsp3) is 0.389. The van der Waals surface area contributed by atoms with Crippen LogP contribution in [0.2, 0.25) is 0 Å². The summed E-state index contributed by atoms with van der Waals surface area (Å²) in [7, 11) is 1.63. The number of ether oxygens (including phenoxy) is 2. The number of carbonyl (C=O) groups excluding carboxylic acids is 1. The molecule has 0 unspecified atom stereocenters. The highest BCUT2D eigenvalue weighted by molar-refractivity contribution is 5.80. The topological polar surface area (TPSA) is 103 Å². The number of amides is 1. The maximum Gasteiger partial charge on any atom is 0.303 e. The van der Waals surface area contributed by atoms with Crippen LogP contribution in [0, 0.1) is 0 Å². The molecular weight excluding hydrogens is 338 g/mol. The highest BCUT2D eigenvalue weighted by atomic mass is 16.5. The third kappa shape index (κ3) is 4.40. The molecule has 1 aliphatic rings. The third-order valence-corrected chi connectivity index (χ3v) is 4.19. The SMILES string of the molecule is COc1ccc(-c2cn3c(n2)CO[C@@H](CNC(=O)CCC(=O)O)C3)cc1. The molecule has 2 N–H and O–H groups in total. The van der Waals surface area contributed by atoms with Crippen molar-refractivity contribution < 1.29 is 24.2 Å². The molecule has 1 atom stereocenters. The Kier molecular flexibility index (Phi) is 5.52. The number of fused-ring (bicyclic) bond motifs is 1. The van der Waals surface area contributed by atoms with E-state index < -0.39 is 5.97 Å². The molecule has 0 fully saturated rings. The number of carbonyl (C=O) groups is 2. The van der Waals surface area contributed by atoms with E-state index in [1.54, 1.807) is 7.11 Å². The normalized spacial score (nSPS) is 16.0. The Morgan fingerprint density at radius 3 is 2.81 bits per heavy atom. The van der Waals surface area contributed by atoms with Crippen LogP contribution in [-0.4, -0.2) is 46.3 Å². The molecule has 2 aromatic rings. The number of methoxy groups -OCH3 is 1. The average Bonchev–Trinajstić information content (AvgIpc) is 3.08. The Bertz CT molecular complexity index is 785. The van der Waals surface area contributed by atoms with Gasteiger partial charge in [0.2, 0.25) is 5.91 Å². The van der Waals surface area contributed by atoms with Crippen molar-refractivity contribution in [3.8, 4) is 17.0 Å². The van der Waals surface area contributed by atoms with Crippen LogP contribution in [0.25, 0.3) is 11.3 Å². The number of rotatable bonds is 7. The van der Waals surface area contributed by atoms with Crippen molar-refractivity contribution in [2.45, 2.75) is 32.1 Å². The summed E-state index contributed by atoms with van der Waals surface area (Å²) in [4.78, 5) is 26.7. The summed E-state index contributed by atoms with van der Waals surface area (Å²) < 4.78 is 12.9. The van der Waals surface area contributed by atoms with E-state index in [-0.39, 0.29) is 24.9 Å². The molecule has 138 valence electrons. The first-order chi connectivity index (χ1) is 12.5. The number of benzene rings is 1. The number of aliphatic carboxylic acids is 1. The van der Waals surface area contributed by atoms with Gasteiger partial charge in [0, 0.05) is 24.7 Å². The summed E-state index contributed by atoms with van der Waals surface area (Å²) >= 11 is 0.